The molecule has 1 aliphatic carbocycles. The predicted octanol–water partition coefficient (Wildman–Crippen LogP) is 6.84. The standard InChI is InChI=1S/C26H31Cl3N2O2/c1-2-24(26(33)30-20-9-4-3-5-10-20)31(17-18-12-14-22(28)23(29)16-18)25(32)15-13-19-8-6-7-11-21(19)27/h6-8,11-12,14,16,20,24H,2-5,9-10,13,15,17H2,1H3,(H,30,33)/t24-/m1/s1. The van der Waals surface area contributed by atoms with E-state index >= 15 is 0 Å². The van der Waals surface area contributed by atoms with E-state index in [1.807, 2.05) is 37.3 Å². The highest BCUT2D eigenvalue weighted by Crippen LogP contribution is 2.25. The van der Waals surface area contributed by atoms with Crippen molar-refractivity contribution >= 4 is 46.6 Å². The highest BCUT2D eigenvalue weighted by molar-refractivity contribution is 6.42. The van der Waals surface area contributed by atoms with Crippen molar-refractivity contribution in [3.8, 4) is 0 Å². The molecule has 2 amide bonds. The molecule has 0 unspecified atom stereocenters. The summed E-state index contributed by atoms with van der Waals surface area (Å²) < 4.78 is 0. The molecule has 0 aromatic heterocycles. The molecule has 0 aliphatic heterocycles. The maximum atomic E-state index is 13.4. The van der Waals surface area contributed by atoms with Gasteiger partial charge in [0, 0.05) is 24.0 Å². The van der Waals surface area contributed by atoms with Crippen LogP contribution in [-0.4, -0.2) is 28.8 Å². The molecule has 1 fully saturated rings. The SMILES string of the molecule is CC[C@H](C(=O)NC1CCCCC1)N(Cc1ccc(Cl)c(Cl)c1)C(=O)CCc1ccccc1Cl. The van der Waals surface area contributed by atoms with Gasteiger partial charge in [-0.2, -0.15) is 0 Å². The third-order valence-corrected chi connectivity index (χ3v) is 7.35. The summed E-state index contributed by atoms with van der Waals surface area (Å²) in [4.78, 5) is 28.4. The number of hydrogen-bond acceptors (Lipinski definition) is 2. The zero-order valence-corrected chi connectivity index (χ0v) is 21.2. The van der Waals surface area contributed by atoms with Crippen LogP contribution in [0.5, 0.6) is 0 Å². The van der Waals surface area contributed by atoms with Crippen LogP contribution in [0.1, 0.15) is 63.0 Å². The van der Waals surface area contributed by atoms with Crippen molar-refractivity contribution in [2.75, 3.05) is 0 Å². The minimum absolute atomic E-state index is 0.0875. The van der Waals surface area contributed by atoms with Gasteiger partial charge in [0.25, 0.3) is 0 Å². The highest BCUT2D eigenvalue weighted by Gasteiger charge is 2.30. The van der Waals surface area contributed by atoms with Crippen LogP contribution in [-0.2, 0) is 22.6 Å². The molecule has 0 spiro atoms. The van der Waals surface area contributed by atoms with Crippen LogP contribution in [0, 0.1) is 0 Å². The van der Waals surface area contributed by atoms with Crippen LogP contribution in [0.25, 0.3) is 0 Å². The molecule has 0 heterocycles. The lowest BCUT2D eigenvalue weighted by Crippen LogP contribution is -2.51. The second-order valence-electron chi connectivity index (χ2n) is 8.63. The Kier molecular flexibility index (Phi) is 9.91. The van der Waals surface area contributed by atoms with Crippen LogP contribution in [0.3, 0.4) is 0 Å². The van der Waals surface area contributed by atoms with Gasteiger partial charge in [0.2, 0.25) is 11.8 Å². The van der Waals surface area contributed by atoms with E-state index in [4.69, 9.17) is 34.8 Å². The predicted molar refractivity (Wildman–Crippen MR) is 136 cm³/mol. The molecule has 1 aliphatic rings. The second kappa shape index (κ2) is 12.6. The van der Waals surface area contributed by atoms with Gasteiger partial charge in [0.1, 0.15) is 6.04 Å². The largest absolute Gasteiger partial charge is 0.352 e. The van der Waals surface area contributed by atoms with Crippen molar-refractivity contribution < 1.29 is 9.59 Å². The first-order valence-electron chi connectivity index (χ1n) is 11.7. The van der Waals surface area contributed by atoms with Gasteiger partial charge in [0.05, 0.1) is 10.0 Å². The average Bonchev–Trinajstić information content (AvgIpc) is 2.81. The van der Waals surface area contributed by atoms with Gasteiger partial charge >= 0.3 is 0 Å². The van der Waals surface area contributed by atoms with Crippen molar-refractivity contribution in [3.63, 3.8) is 0 Å². The monoisotopic (exact) mass is 508 g/mol. The van der Waals surface area contributed by atoms with E-state index in [0.717, 1.165) is 36.8 Å². The Balaban J connectivity index is 1.78. The summed E-state index contributed by atoms with van der Waals surface area (Å²) in [6, 6.07) is 12.5. The maximum absolute atomic E-state index is 13.4. The summed E-state index contributed by atoms with van der Waals surface area (Å²) in [6.07, 6.45) is 6.77. The molecule has 0 bridgehead atoms. The molecule has 3 rings (SSSR count). The van der Waals surface area contributed by atoms with Crippen molar-refractivity contribution in [1.29, 1.82) is 0 Å². The van der Waals surface area contributed by atoms with Crippen LogP contribution in [0.4, 0.5) is 0 Å². The number of hydrogen-bond donors (Lipinski definition) is 1. The molecule has 2 aromatic carbocycles. The summed E-state index contributed by atoms with van der Waals surface area (Å²) >= 11 is 18.6. The van der Waals surface area contributed by atoms with E-state index in [1.165, 1.54) is 6.42 Å². The van der Waals surface area contributed by atoms with Crippen LogP contribution >= 0.6 is 34.8 Å². The Morgan fingerprint density at radius 3 is 2.39 bits per heavy atom. The minimum Gasteiger partial charge on any atom is -0.352 e. The molecular formula is C26H31Cl3N2O2. The summed E-state index contributed by atoms with van der Waals surface area (Å²) in [5.74, 6) is -0.179. The van der Waals surface area contributed by atoms with Gasteiger partial charge in [-0.05, 0) is 55.0 Å². The lowest BCUT2D eigenvalue weighted by Gasteiger charge is -2.33. The lowest BCUT2D eigenvalue weighted by atomic mass is 9.95. The van der Waals surface area contributed by atoms with Gasteiger partial charge in [-0.1, -0.05) is 85.3 Å². The van der Waals surface area contributed by atoms with E-state index in [0.29, 0.717) is 27.9 Å². The number of benzene rings is 2. The summed E-state index contributed by atoms with van der Waals surface area (Å²) in [7, 11) is 0. The zero-order chi connectivity index (χ0) is 23.8. The molecule has 33 heavy (non-hydrogen) atoms. The van der Waals surface area contributed by atoms with Crippen molar-refractivity contribution in [1.82, 2.24) is 10.2 Å². The fraction of sp³-hybridized carbons (Fsp3) is 0.462. The fourth-order valence-electron chi connectivity index (χ4n) is 4.38. The Labute approximate surface area is 211 Å². The molecule has 0 radical (unpaired) electrons. The molecular weight excluding hydrogens is 479 g/mol. The molecule has 1 saturated carbocycles. The van der Waals surface area contributed by atoms with Gasteiger partial charge < -0.3 is 10.2 Å². The van der Waals surface area contributed by atoms with Crippen LogP contribution in [0.2, 0.25) is 15.1 Å². The number of carbonyl (C=O) groups excluding carboxylic acids is 2. The Bertz CT molecular complexity index is 960. The number of nitrogens with zero attached hydrogens (tertiary/aromatic N) is 1. The van der Waals surface area contributed by atoms with Gasteiger partial charge in [-0.25, -0.2) is 0 Å². The first-order chi connectivity index (χ1) is 15.9. The molecule has 1 N–H and O–H groups in total. The van der Waals surface area contributed by atoms with Crippen molar-refractivity contribution in [3.05, 3.63) is 68.7 Å². The van der Waals surface area contributed by atoms with E-state index in [2.05, 4.69) is 5.32 Å². The van der Waals surface area contributed by atoms with E-state index in [9.17, 15) is 9.59 Å². The highest BCUT2D eigenvalue weighted by atomic mass is 35.5. The molecule has 2 aromatic rings. The molecule has 0 saturated heterocycles. The summed E-state index contributed by atoms with van der Waals surface area (Å²) in [6.45, 7) is 2.23. The normalized spacial score (nSPS) is 15.2. The Hall–Kier alpha value is -1.75. The average molecular weight is 510 g/mol. The third-order valence-electron chi connectivity index (χ3n) is 6.24. The lowest BCUT2D eigenvalue weighted by molar-refractivity contribution is -0.141. The van der Waals surface area contributed by atoms with Crippen LogP contribution < -0.4 is 5.32 Å². The van der Waals surface area contributed by atoms with Gasteiger partial charge in [-0.3, -0.25) is 9.59 Å². The molecule has 7 heteroatoms. The first-order valence-corrected chi connectivity index (χ1v) is 12.8. The topological polar surface area (TPSA) is 49.4 Å². The van der Waals surface area contributed by atoms with Crippen molar-refractivity contribution in [2.24, 2.45) is 0 Å². The first kappa shape index (κ1) is 25.9. The Morgan fingerprint density at radius 2 is 1.73 bits per heavy atom. The van der Waals surface area contributed by atoms with E-state index < -0.39 is 6.04 Å². The number of amides is 2. The third kappa shape index (κ3) is 7.37. The molecule has 178 valence electrons. The van der Waals surface area contributed by atoms with E-state index in [1.54, 1.807) is 17.0 Å². The molecule has 1 atom stereocenters. The van der Waals surface area contributed by atoms with E-state index in [-0.39, 0.29) is 30.8 Å². The number of nitrogens with one attached hydrogen (secondary N) is 1. The zero-order valence-electron chi connectivity index (χ0n) is 19.0. The van der Waals surface area contributed by atoms with Crippen LogP contribution in [0.15, 0.2) is 42.5 Å². The number of halogens is 3. The minimum atomic E-state index is -0.555. The molecule has 4 nitrogen and oxygen atoms in total. The summed E-state index contributed by atoms with van der Waals surface area (Å²) in [5, 5.41) is 4.72. The Morgan fingerprint density at radius 1 is 1.00 bits per heavy atom. The smallest absolute Gasteiger partial charge is 0.243 e. The van der Waals surface area contributed by atoms with Gasteiger partial charge in [-0.15, -0.1) is 0 Å². The second-order valence-corrected chi connectivity index (χ2v) is 9.85. The number of aryl methyl sites for hydroxylation is 1. The quantitative estimate of drug-likeness (QED) is 0.402. The van der Waals surface area contributed by atoms with Crippen molar-refractivity contribution in [2.45, 2.75) is 76.9 Å². The number of carbonyl (C=O) groups is 2. The van der Waals surface area contributed by atoms with Gasteiger partial charge in [0.15, 0.2) is 0 Å². The fourth-order valence-corrected chi connectivity index (χ4v) is 4.94. The number of rotatable bonds is 9. The summed E-state index contributed by atoms with van der Waals surface area (Å²) in [5.41, 5.74) is 1.75. The maximum Gasteiger partial charge on any atom is 0.243 e.